The van der Waals surface area contributed by atoms with E-state index in [-0.39, 0.29) is 12.5 Å². The second-order valence-electron chi connectivity index (χ2n) is 6.95. The summed E-state index contributed by atoms with van der Waals surface area (Å²) in [5.74, 6) is -0.319. The molecule has 1 amide bonds. The van der Waals surface area contributed by atoms with Crippen LogP contribution in [-0.2, 0) is 17.8 Å². The van der Waals surface area contributed by atoms with Gasteiger partial charge in [0.05, 0.1) is 5.69 Å². The predicted molar refractivity (Wildman–Crippen MR) is 117 cm³/mol. The quantitative estimate of drug-likeness (QED) is 0.509. The predicted octanol–water partition coefficient (Wildman–Crippen LogP) is 4.13. The Bertz CT molecular complexity index is 1160. The highest BCUT2D eigenvalue weighted by molar-refractivity contribution is 5.80. The summed E-state index contributed by atoms with van der Waals surface area (Å²) < 4.78 is 6.99. The van der Waals surface area contributed by atoms with Gasteiger partial charge in [-0.1, -0.05) is 91.0 Å². The van der Waals surface area contributed by atoms with Crippen LogP contribution in [0.4, 0.5) is 0 Å². The molecule has 0 atom stereocenters. The first-order chi connectivity index (χ1) is 14.7. The minimum absolute atomic E-state index is 0.103. The average molecular weight is 398 g/mol. The Balaban J connectivity index is 1.59. The Hall–Kier alpha value is -3.86. The average Bonchev–Trinajstić information content (AvgIpc) is 3.11. The van der Waals surface area contributed by atoms with Gasteiger partial charge in [0.25, 0.3) is 0 Å². The van der Waals surface area contributed by atoms with Crippen LogP contribution in [0.3, 0.4) is 0 Å². The van der Waals surface area contributed by atoms with Crippen LogP contribution >= 0.6 is 0 Å². The van der Waals surface area contributed by atoms with Gasteiger partial charge in [0.1, 0.15) is 6.54 Å². The van der Waals surface area contributed by atoms with Gasteiger partial charge in [0.2, 0.25) is 5.91 Å². The summed E-state index contributed by atoms with van der Waals surface area (Å²) in [7, 11) is 0. The molecule has 30 heavy (non-hydrogen) atoms. The van der Waals surface area contributed by atoms with Crippen molar-refractivity contribution in [3.63, 3.8) is 0 Å². The maximum Gasteiger partial charge on any atom is 0.420 e. The molecule has 0 unspecified atom stereocenters. The molecule has 1 aromatic heterocycles. The fourth-order valence-electron chi connectivity index (χ4n) is 3.41. The van der Waals surface area contributed by atoms with Crippen molar-refractivity contribution in [1.29, 1.82) is 0 Å². The number of hydrogen-bond donors (Lipinski definition) is 1. The van der Waals surface area contributed by atoms with E-state index in [2.05, 4.69) is 5.32 Å². The van der Waals surface area contributed by atoms with Gasteiger partial charge in [-0.25, -0.2) is 4.79 Å². The Morgan fingerprint density at radius 2 is 1.37 bits per heavy atom. The molecule has 4 rings (SSSR count). The van der Waals surface area contributed by atoms with E-state index >= 15 is 0 Å². The summed E-state index contributed by atoms with van der Waals surface area (Å²) in [5.41, 5.74) is 3.36. The molecule has 1 heterocycles. The molecular weight excluding hydrogens is 376 g/mol. The lowest BCUT2D eigenvalue weighted by Crippen LogP contribution is -2.32. The monoisotopic (exact) mass is 398 g/mol. The third-order valence-corrected chi connectivity index (χ3v) is 4.86. The van der Waals surface area contributed by atoms with E-state index in [4.69, 9.17) is 4.42 Å². The van der Waals surface area contributed by atoms with Gasteiger partial charge in [-0.15, -0.1) is 0 Å². The van der Waals surface area contributed by atoms with Crippen molar-refractivity contribution in [2.45, 2.75) is 13.0 Å². The highest BCUT2D eigenvalue weighted by atomic mass is 16.4. The molecule has 0 bridgehead atoms. The second-order valence-corrected chi connectivity index (χ2v) is 6.95. The lowest BCUT2D eigenvalue weighted by Gasteiger charge is -2.09. The van der Waals surface area contributed by atoms with E-state index in [0.29, 0.717) is 18.0 Å². The molecule has 0 saturated carbocycles. The second kappa shape index (κ2) is 9.09. The number of nitrogens with zero attached hydrogens (tertiary/aromatic N) is 1. The van der Waals surface area contributed by atoms with Gasteiger partial charge in [-0.05, 0) is 12.0 Å². The summed E-state index contributed by atoms with van der Waals surface area (Å²) >= 11 is 0. The van der Waals surface area contributed by atoms with Gasteiger partial charge in [0, 0.05) is 17.7 Å². The van der Waals surface area contributed by atoms with E-state index in [1.807, 2.05) is 91.0 Å². The van der Waals surface area contributed by atoms with Crippen LogP contribution in [0.15, 0.2) is 100 Å². The van der Waals surface area contributed by atoms with Gasteiger partial charge in [-0.3, -0.25) is 9.36 Å². The van der Waals surface area contributed by atoms with Crippen LogP contribution in [0.2, 0.25) is 0 Å². The van der Waals surface area contributed by atoms with Crippen molar-refractivity contribution in [3.05, 3.63) is 107 Å². The van der Waals surface area contributed by atoms with Gasteiger partial charge in [-0.2, -0.15) is 0 Å². The van der Waals surface area contributed by atoms with Crippen LogP contribution in [0.25, 0.3) is 22.6 Å². The van der Waals surface area contributed by atoms with Crippen LogP contribution in [-0.4, -0.2) is 17.0 Å². The van der Waals surface area contributed by atoms with Crippen molar-refractivity contribution in [3.8, 4) is 22.6 Å². The molecule has 4 aromatic rings. The topological polar surface area (TPSA) is 64.2 Å². The molecular formula is C25H22N2O3. The first-order valence-corrected chi connectivity index (χ1v) is 9.87. The lowest BCUT2D eigenvalue weighted by atomic mass is 10.1. The molecule has 0 aliphatic heterocycles. The summed E-state index contributed by atoms with van der Waals surface area (Å²) in [6.45, 7) is 0.399. The molecule has 5 nitrogen and oxygen atoms in total. The molecule has 150 valence electrons. The molecule has 0 radical (unpaired) electrons. The number of amides is 1. The minimum atomic E-state index is -0.550. The molecule has 0 aliphatic rings. The van der Waals surface area contributed by atoms with Crippen molar-refractivity contribution in [2.24, 2.45) is 0 Å². The summed E-state index contributed by atoms with van der Waals surface area (Å²) in [6.07, 6.45) is 0.730. The highest BCUT2D eigenvalue weighted by Gasteiger charge is 2.21. The van der Waals surface area contributed by atoms with Crippen LogP contribution in [0.1, 0.15) is 5.56 Å². The number of nitrogens with one attached hydrogen (secondary N) is 1. The zero-order valence-corrected chi connectivity index (χ0v) is 16.5. The van der Waals surface area contributed by atoms with Crippen molar-refractivity contribution in [2.75, 3.05) is 6.54 Å². The molecule has 5 heteroatoms. The molecule has 3 aromatic carbocycles. The lowest BCUT2D eigenvalue weighted by molar-refractivity contribution is -0.121. The largest absolute Gasteiger partial charge is 0.420 e. The zero-order valence-electron chi connectivity index (χ0n) is 16.5. The van der Waals surface area contributed by atoms with E-state index < -0.39 is 5.76 Å². The van der Waals surface area contributed by atoms with Crippen LogP contribution in [0, 0.1) is 0 Å². The summed E-state index contributed by atoms with van der Waals surface area (Å²) in [5, 5.41) is 2.89. The fourth-order valence-corrected chi connectivity index (χ4v) is 3.41. The van der Waals surface area contributed by atoms with Gasteiger partial charge >= 0.3 is 5.76 Å². The number of benzene rings is 3. The van der Waals surface area contributed by atoms with Crippen LogP contribution in [0.5, 0.6) is 0 Å². The Morgan fingerprint density at radius 1 is 0.800 bits per heavy atom. The van der Waals surface area contributed by atoms with Crippen molar-refractivity contribution < 1.29 is 9.21 Å². The van der Waals surface area contributed by atoms with Crippen molar-refractivity contribution in [1.82, 2.24) is 9.88 Å². The first kappa shape index (κ1) is 19.5. The van der Waals surface area contributed by atoms with E-state index in [1.54, 1.807) is 0 Å². The molecule has 0 fully saturated rings. The zero-order chi connectivity index (χ0) is 20.8. The van der Waals surface area contributed by atoms with Crippen LogP contribution < -0.4 is 11.1 Å². The maximum absolute atomic E-state index is 12.7. The molecule has 0 aliphatic carbocycles. The highest BCUT2D eigenvalue weighted by Crippen LogP contribution is 2.31. The number of rotatable bonds is 7. The minimum Gasteiger partial charge on any atom is -0.407 e. The smallest absolute Gasteiger partial charge is 0.407 e. The number of carbonyl (C=O) groups is 1. The van der Waals surface area contributed by atoms with E-state index in [0.717, 1.165) is 23.1 Å². The molecule has 1 N–H and O–H groups in total. The van der Waals surface area contributed by atoms with Gasteiger partial charge in [0.15, 0.2) is 5.76 Å². The maximum atomic E-state index is 12.7. The third-order valence-electron chi connectivity index (χ3n) is 4.86. The Morgan fingerprint density at radius 3 is 2.00 bits per heavy atom. The first-order valence-electron chi connectivity index (χ1n) is 9.87. The number of oxazole rings is 1. The van der Waals surface area contributed by atoms with E-state index in [1.165, 1.54) is 4.57 Å². The van der Waals surface area contributed by atoms with E-state index in [9.17, 15) is 9.59 Å². The van der Waals surface area contributed by atoms with Crippen molar-refractivity contribution >= 4 is 5.91 Å². The number of aromatic nitrogens is 1. The Labute approximate surface area is 174 Å². The third kappa shape index (κ3) is 4.41. The summed E-state index contributed by atoms with van der Waals surface area (Å²) in [6, 6.07) is 28.9. The number of carbonyl (C=O) groups excluding carboxylic acids is 1. The fraction of sp³-hybridized carbons (Fsp3) is 0.120. The molecule has 0 saturated heterocycles. The normalized spacial score (nSPS) is 10.7. The Kier molecular flexibility index (Phi) is 5.90. The summed E-state index contributed by atoms with van der Waals surface area (Å²) in [4.78, 5) is 25.2. The number of hydrogen-bond acceptors (Lipinski definition) is 3. The molecule has 0 spiro atoms. The SMILES string of the molecule is O=C(Cn1c(-c2ccccc2)c(-c2ccccc2)oc1=O)NCCc1ccccc1. The van der Waals surface area contributed by atoms with Gasteiger partial charge < -0.3 is 9.73 Å². The standard InChI is InChI=1S/C25H22N2O3/c28-22(26-17-16-19-10-4-1-5-11-19)18-27-23(20-12-6-2-7-13-20)24(30-25(27)29)21-14-8-3-9-15-21/h1-15H,16-18H2,(H,26,28).